The smallest absolute Gasteiger partial charge is 0.422 e. The van der Waals surface area contributed by atoms with Crippen LogP contribution in [0.5, 0.6) is 11.5 Å². The van der Waals surface area contributed by atoms with E-state index in [1.807, 2.05) is 0 Å². The van der Waals surface area contributed by atoms with Crippen LogP contribution in [0, 0.1) is 17.3 Å². The van der Waals surface area contributed by atoms with Gasteiger partial charge in [-0.1, -0.05) is 6.92 Å². The number of alkyl halides is 3. The van der Waals surface area contributed by atoms with Crippen molar-refractivity contribution in [3.05, 3.63) is 23.3 Å². The summed E-state index contributed by atoms with van der Waals surface area (Å²) in [4.78, 5) is 11.2. The third-order valence-corrected chi connectivity index (χ3v) is 8.54. The van der Waals surface area contributed by atoms with Crippen molar-refractivity contribution in [2.45, 2.75) is 70.6 Å². The number of nitrogens with one attached hydrogen (secondary N) is 1. The second-order valence-corrected chi connectivity index (χ2v) is 10.9. The molecule has 0 aromatic heterocycles. The molecule has 0 heterocycles. The summed E-state index contributed by atoms with van der Waals surface area (Å²) in [6.07, 6.45) is -0.255. The third-order valence-electron chi connectivity index (χ3n) is 7.60. The van der Waals surface area contributed by atoms with Crippen molar-refractivity contribution in [2.24, 2.45) is 17.3 Å². The second kappa shape index (κ2) is 8.33. The largest absolute Gasteiger partial charge is 0.480 e. The Morgan fingerprint density at radius 2 is 1.94 bits per heavy atom. The number of aryl methyl sites for hydroxylation is 1. The molecule has 0 radical (unpaired) electrons. The molecule has 33 heavy (non-hydrogen) atoms. The Labute approximate surface area is 190 Å². The lowest BCUT2D eigenvalue weighted by Crippen LogP contribution is -2.44. The van der Waals surface area contributed by atoms with E-state index in [1.165, 1.54) is 12.1 Å². The molecule has 0 bridgehead atoms. The van der Waals surface area contributed by atoms with Crippen LogP contribution in [0.3, 0.4) is 0 Å². The van der Waals surface area contributed by atoms with Gasteiger partial charge < -0.3 is 14.0 Å². The predicted octanol–water partition coefficient (Wildman–Crippen LogP) is 3.60. The van der Waals surface area contributed by atoms with Gasteiger partial charge in [-0.05, 0) is 85.0 Å². The molecule has 0 spiro atoms. The van der Waals surface area contributed by atoms with Crippen LogP contribution in [0.2, 0.25) is 0 Å². The first-order chi connectivity index (χ1) is 15.3. The van der Waals surface area contributed by atoms with E-state index in [0.29, 0.717) is 18.3 Å². The average Bonchev–Trinajstić information content (AvgIpc) is 2.99. The van der Waals surface area contributed by atoms with E-state index in [4.69, 9.17) is 8.92 Å². The zero-order valence-corrected chi connectivity index (χ0v) is 19.3. The number of halogens is 3. The highest BCUT2D eigenvalue weighted by atomic mass is 32.2. The van der Waals surface area contributed by atoms with Crippen LogP contribution in [0.4, 0.5) is 13.2 Å². The molecule has 7 nitrogen and oxygen atoms in total. The number of carbonyl (C=O) groups excluding carboxylic acids is 1. The maximum atomic E-state index is 12.9. The molecule has 1 amide bonds. The van der Waals surface area contributed by atoms with Gasteiger partial charge in [0, 0.05) is 6.92 Å². The summed E-state index contributed by atoms with van der Waals surface area (Å²) in [7, 11) is -4.57. The molecule has 1 aromatic rings. The molecule has 3 unspecified atom stereocenters. The van der Waals surface area contributed by atoms with Gasteiger partial charge in [0.05, 0.1) is 6.10 Å². The fraction of sp³-hybridized carbons (Fsp3) is 0.682. The topological polar surface area (TPSA) is 102 Å². The number of carbonyl (C=O) groups is 1. The summed E-state index contributed by atoms with van der Waals surface area (Å²) in [6, 6.07) is 2.87. The monoisotopic (exact) mass is 491 g/mol. The third kappa shape index (κ3) is 4.80. The number of aliphatic hydroxyl groups excluding tert-OH is 1. The lowest BCUT2D eigenvalue weighted by molar-refractivity contribution is -0.153. The average molecular weight is 492 g/mol. The summed E-state index contributed by atoms with van der Waals surface area (Å²) in [6.45, 7) is 1.50. The zero-order chi connectivity index (χ0) is 24.2. The van der Waals surface area contributed by atoms with E-state index in [1.54, 1.807) is 4.72 Å². The summed E-state index contributed by atoms with van der Waals surface area (Å²) in [5, 5.41) is 10.5. The molecule has 3 aliphatic carbocycles. The zero-order valence-electron chi connectivity index (χ0n) is 18.4. The van der Waals surface area contributed by atoms with Crippen molar-refractivity contribution < 1.29 is 40.4 Å². The predicted molar refractivity (Wildman–Crippen MR) is 112 cm³/mol. The van der Waals surface area contributed by atoms with E-state index in [0.717, 1.165) is 50.2 Å². The molecule has 2 N–H and O–H groups in total. The number of hydrogen-bond acceptors (Lipinski definition) is 6. The Balaban J connectivity index is 1.69. The van der Waals surface area contributed by atoms with E-state index in [-0.39, 0.29) is 28.9 Å². The van der Waals surface area contributed by atoms with Crippen LogP contribution in [-0.2, 0) is 21.5 Å². The Bertz CT molecular complexity index is 1040. The van der Waals surface area contributed by atoms with Crippen LogP contribution in [0.1, 0.15) is 63.0 Å². The minimum absolute atomic E-state index is 0.0892. The molecular weight excluding hydrogens is 463 g/mol. The van der Waals surface area contributed by atoms with Gasteiger partial charge in [0.1, 0.15) is 0 Å². The van der Waals surface area contributed by atoms with E-state index >= 15 is 0 Å². The van der Waals surface area contributed by atoms with Crippen LogP contribution >= 0.6 is 0 Å². The van der Waals surface area contributed by atoms with Gasteiger partial charge in [-0.25, -0.2) is 4.72 Å². The fourth-order valence-electron chi connectivity index (χ4n) is 6.20. The van der Waals surface area contributed by atoms with E-state index in [2.05, 4.69) is 6.92 Å². The first-order valence-corrected chi connectivity index (χ1v) is 12.5. The molecule has 0 aliphatic heterocycles. The molecular formula is C22H28F3NO6S. The van der Waals surface area contributed by atoms with Crippen LogP contribution in [-0.4, -0.2) is 38.3 Å². The molecule has 2 saturated carbocycles. The lowest BCUT2D eigenvalue weighted by atomic mass is 9.55. The number of rotatable bonds is 5. The van der Waals surface area contributed by atoms with Crippen LogP contribution in [0.25, 0.3) is 0 Å². The highest BCUT2D eigenvalue weighted by Crippen LogP contribution is 2.61. The van der Waals surface area contributed by atoms with Gasteiger partial charge >= 0.3 is 16.5 Å². The molecule has 11 heteroatoms. The molecule has 1 aromatic carbocycles. The van der Waals surface area contributed by atoms with Crippen molar-refractivity contribution in [1.82, 2.24) is 4.72 Å². The first-order valence-electron chi connectivity index (χ1n) is 11.1. The van der Waals surface area contributed by atoms with E-state index in [9.17, 15) is 31.5 Å². The SMILES string of the molecule is CC(=O)NS(=O)(=O)Oc1cc2c(cc1OCC(F)(F)F)C1CC[C@@]3(C)C(CC[C@H]3O)C1CC2. The number of aliphatic hydroxyl groups is 1. The summed E-state index contributed by atoms with van der Waals surface area (Å²) in [5.41, 5.74) is 1.49. The molecule has 2 fully saturated rings. The Hall–Kier alpha value is -2.01. The van der Waals surface area contributed by atoms with Gasteiger partial charge in [0.25, 0.3) is 0 Å². The summed E-state index contributed by atoms with van der Waals surface area (Å²) >= 11 is 0. The van der Waals surface area contributed by atoms with Crippen molar-refractivity contribution in [3.8, 4) is 11.5 Å². The fourth-order valence-corrected chi connectivity index (χ4v) is 6.96. The Kier molecular flexibility index (Phi) is 6.09. The van der Waals surface area contributed by atoms with Gasteiger partial charge in [0.15, 0.2) is 18.1 Å². The highest BCUT2D eigenvalue weighted by Gasteiger charge is 2.54. The maximum Gasteiger partial charge on any atom is 0.422 e. The molecule has 184 valence electrons. The number of hydrogen-bond donors (Lipinski definition) is 2. The number of fused-ring (bicyclic) bond motifs is 5. The van der Waals surface area contributed by atoms with Crippen molar-refractivity contribution in [2.75, 3.05) is 6.61 Å². The molecule has 5 atom stereocenters. The summed E-state index contributed by atoms with van der Waals surface area (Å²) < 4.78 is 74.3. The van der Waals surface area contributed by atoms with Crippen LogP contribution < -0.4 is 13.6 Å². The Morgan fingerprint density at radius 3 is 2.61 bits per heavy atom. The minimum atomic E-state index is -4.63. The first kappa shape index (κ1) is 24.1. The quantitative estimate of drug-likeness (QED) is 0.653. The summed E-state index contributed by atoms with van der Waals surface area (Å²) in [5.74, 6) is -0.903. The lowest BCUT2D eigenvalue weighted by Gasteiger charge is -2.50. The van der Waals surface area contributed by atoms with Gasteiger partial charge in [0.2, 0.25) is 5.91 Å². The van der Waals surface area contributed by atoms with Crippen molar-refractivity contribution in [3.63, 3.8) is 0 Å². The number of ether oxygens (including phenoxy) is 1. The standard InChI is InChI=1S/C22H28F3NO6S/c1-12(27)26-33(29,30)32-19-9-13-3-4-15-14(7-8-21(2)17(15)5-6-20(21)28)16(13)10-18(19)31-11-22(23,24)25/h9-10,14-15,17,20,28H,3-8,11H2,1-2H3,(H,26,27)/t14?,15?,17?,20-,21+/m1/s1. The molecule has 3 aliphatic rings. The minimum Gasteiger partial charge on any atom is -0.480 e. The van der Waals surface area contributed by atoms with Gasteiger partial charge in [-0.2, -0.15) is 21.6 Å². The normalized spacial score (nSPS) is 31.2. The number of amides is 1. The highest BCUT2D eigenvalue weighted by molar-refractivity contribution is 7.85. The van der Waals surface area contributed by atoms with E-state index < -0.39 is 29.0 Å². The second-order valence-electron chi connectivity index (χ2n) is 9.65. The van der Waals surface area contributed by atoms with Gasteiger partial charge in [-0.3, -0.25) is 4.79 Å². The van der Waals surface area contributed by atoms with Crippen LogP contribution in [0.15, 0.2) is 12.1 Å². The Morgan fingerprint density at radius 1 is 1.21 bits per heavy atom. The number of benzene rings is 1. The molecule has 0 saturated heterocycles. The van der Waals surface area contributed by atoms with Crippen molar-refractivity contribution >= 4 is 16.2 Å². The molecule has 4 rings (SSSR count). The van der Waals surface area contributed by atoms with Crippen molar-refractivity contribution in [1.29, 1.82) is 0 Å². The maximum absolute atomic E-state index is 12.9. The van der Waals surface area contributed by atoms with Gasteiger partial charge in [-0.15, -0.1) is 0 Å².